The van der Waals surface area contributed by atoms with Crippen LogP contribution in [-0.2, 0) is 16.4 Å². The van der Waals surface area contributed by atoms with Crippen molar-refractivity contribution in [3.05, 3.63) is 94.5 Å². The topological polar surface area (TPSA) is 9.23 Å². The molecule has 3 aromatic rings. The Bertz CT molecular complexity index is 802. The Morgan fingerprint density at radius 2 is 1.35 bits per heavy atom. The normalized spacial score (nSPS) is 11.7. The molecule has 0 saturated heterocycles. The first-order chi connectivity index (χ1) is 12.4. The second-order valence-electron chi connectivity index (χ2n) is 7.41. The van der Waals surface area contributed by atoms with Gasteiger partial charge in [-0.2, -0.15) is 0 Å². The molecular formula is C23H24BrOSi. The van der Waals surface area contributed by atoms with Crippen LogP contribution >= 0.6 is 15.9 Å². The minimum atomic E-state index is -1.28. The molecular weight excluding hydrogens is 400 g/mol. The summed E-state index contributed by atoms with van der Waals surface area (Å²) in [7, 11) is -1.28. The highest BCUT2D eigenvalue weighted by Gasteiger charge is 2.20. The van der Waals surface area contributed by atoms with Crippen LogP contribution in [0.2, 0.25) is 0 Å². The summed E-state index contributed by atoms with van der Waals surface area (Å²) in [5.74, 6) is 0. The SMILES string of the molecule is CC(C)(C)c1ccc(Br)c(CO[Si](c2ccccc2)c2ccccc2)c1. The van der Waals surface area contributed by atoms with Crippen LogP contribution in [0.1, 0.15) is 31.9 Å². The van der Waals surface area contributed by atoms with E-state index in [0.717, 1.165) is 4.47 Å². The molecule has 0 saturated carbocycles. The highest BCUT2D eigenvalue weighted by Crippen LogP contribution is 2.27. The molecule has 0 aliphatic rings. The van der Waals surface area contributed by atoms with Gasteiger partial charge < -0.3 is 4.43 Å². The summed E-state index contributed by atoms with van der Waals surface area (Å²) < 4.78 is 7.63. The molecule has 0 atom stereocenters. The molecule has 0 aliphatic heterocycles. The molecule has 0 N–H and O–H groups in total. The summed E-state index contributed by atoms with van der Waals surface area (Å²) in [5.41, 5.74) is 2.65. The molecule has 0 amide bonds. The molecule has 0 aromatic heterocycles. The van der Waals surface area contributed by atoms with Crippen molar-refractivity contribution in [3.63, 3.8) is 0 Å². The Morgan fingerprint density at radius 1 is 0.808 bits per heavy atom. The maximum atomic E-state index is 6.52. The largest absolute Gasteiger partial charge is 0.403 e. The van der Waals surface area contributed by atoms with E-state index >= 15 is 0 Å². The number of hydrogen-bond donors (Lipinski definition) is 0. The maximum absolute atomic E-state index is 6.52. The van der Waals surface area contributed by atoms with Crippen LogP contribution in [0.4, 0.5) is 0 Å². The Labute approximate surface area is 166 Å². The highest BCUT2D eigenvalue weighted by atomic mass is 79.9. The minimum absolute atomic E-state index is 0.127. The fourth-order valence-corrected chi connectivity index (χ4v) is 5.13. The summed E-state index contributed by atoms with van der Waals surface area (Å²) in [6.07, 6.45) is 0. The zero-order valence-electron chi connectivity index (χ0n) is 15.5. The molecule has 133 valence electrons. The standard InChI is InChI=1S/C23H24BrOSi/c1-23(2,3)19-14-15-22(24)18(16-19)17-25-26(20-10-6-4-7-11-20)21-12-8-5-9-13-21/h4-16H,17H2,1-3H3. The molecule has 26 heavy (non-hydrogen) atoms. The van der Waals surface area contributed by atoms with Crippen molar-refractivity contribution in [3.8, 4) is 0 Å². The lowest BCUT2D eigenvalue weighted by Crippen LogP contribution is -2.44. The van der Waals surface area contributed by atoms with Gasteiger partial charge in [0.15, 0.2) is 0 Å². The van der Waals surface area contributed by atoms with E-state index in [9.17, 15) is 0 Å². The van der Waals surface area contributed by atoms with E-state index in [1.54, 1.807) is 0 Å². The van der Waals surface area contributed by atoms with Gasteiger partial charge in [-0.05, 0) is 33.0 Å². The van der Waals surface area contributed by atoms with E-state index in [4.69, 9.17) is 4.43 Å². The Morgan fingerprint density at radius 3 is 1.85 bits per heavy atom. The van der Waals surface area contributed by atoms with Gasteiger partial charge in [0.05, 0.1) is 6.61 Å². The summed E-state index contributed by atoms with van der Waals surface area (Å²) in [6.45, 7) is 7.32. The van der Waals surface area contributed by atoms with Gasteiger partial charge in [-0.3, -0.25) is 0 Å². The van der Waals surface area contributed by atoms with Crippen LogP contribution in [0.25, 0.3) is 0 Å². The van der Waals surface area contributed by atoms with Crippen LogP contribution < -0.4 is 10.4 Å². The number of rotatable bonds is 5. The second kappa shape index (κ2) is 8.34. The summed E-state index contributed by atoms with van der Waals surface area (Å²) in [4.78, 5) is 0. The van der Waals surface area contributed by atoms with Crippen LogP contribution in [0, 0.1) is 0 Å². The summed E-state index contributed by atoms with van der Waals surface area (Å²) in [5, 5.41) is 2.54. The van der Waals surface area contributed by atoms with Crippen molar-refractivity contribution < 1.29 is 4.43 Å². The maximum Gasteiger partial charge on any atom is 0.283 e. The zero-order valence-corrected chi connectivity index (χ0v) is 18.1. The third kappa shape index (κ3) is 4.73. The molecule has 1 radical (unpaired) electrons. The molecule has 0 aliphatic carbocycles. The van der Waals surface area contributed by atoms with Gasteiger partial charge in [0.25, 0.3) is 9.04 Å². The van der Waals surface area contributed by atoms with Crippen LogP contribution in [-0.4, -0.2) is 9.04 Å². The van der Waals surface area contributed by atoms with Crippen LogP contribution in [0.5, 0.6) is 0 Å². The lowest BCUT2D eigenvalue weighted by molar-refractivity contribution is 0.320. The molecule has 0 unspecified atom stereocenters. The van der Waals surface area contributed by atoms with E-state index in [2.05, 4.69) is 116 Å². The zero-order chi connectivity index (χ0) is 18.6. The van der Waals surface area contributed by atoms with E-state index in [1.165, 1.54) is 21.5 Å². The summed E-state index contributed by atoms with van der Waals surface area (Å²) >= 11 is 3.69. The molecule has 0 heterocycles. The van der Waals surface area contributed by atoms with Gasteiger partial charge in [-0.15, -0.1) is 0 Å². The first kappa shape index (κ1) is 19.1. The number of benzene rings is 3. The van der Waals surface area contributed by atoms with E-state index in [0.29, 0.717) is 6.61 Å². The monoisotopic (exact) mass is 423 g/mol. The quantitative estimate of drug-likeness (QED) is 0.520. The van der Waals surface area contributed by atoms with Gasteiger partial charge in [0, 0.05) is 4.47 Å². The van der Waals surface area contributed by atoms with Crippen molar-refractivity contribution >= 4 is 35.3 Å². The smallest absolute Gasteiger partial charge is 0.283 e. The third-order valence-electron chi connectivity index (χ3n) is 4.36. The van der Waals surface area contributed by atoms with E-state index < -0.39 is 9.04 Å². The number of halogens is 1. The molecule has 0 bridgehead atoms. The van der Waals surface area contributed by atoms with Crippen molar-refractivity contribution in [2.24, 2.45) is 0 Å². The fraction of sp³-hybridized carbons (Fsp3) is 0.217. The van der Waals surface area contributed by atoms with Gasteiger partial charge >= 0.3 is 0 Å². The number of hydrogen-bond acceptors (Lipinski definition) is 1. The summed E-state index contributed by atoms with van der Waals surface area (Å²) in [6, 6.07) is 27.7. The van der Waals surface area contributed by atoms with Gasteiger partial charge in [0.1, 0.15) is 0 Å². The first-order valence-corrected chi connectivity index (χ1v) is 11.0. The second-order valence-corrected chi connectivity index (χ2v) is 10.4. The predicted octanol–water partition coefficient (Wildman–Crippen LogP) is 5.07. The Kier molecular flexibility index (Phi) is 6.12. The average Bonchev–Trinajstić information content (AvgIpc) is 2.64. The lowest BCUT2D eigenvalue weighted by Gasteiger charge is -2.21. The van der Waals surface area contributed by atoms with Gasteiger partial charge in [0.2, 0.25) is 0 Å². The van der Waals surface area contributed by atoms with Crippen molar-refractivity contribution in [2.45, 2.75) is 32.8 Å². The predicted molar refractivity (Wildman–Crippen MR) is 116 cm³/mol. The molecule has 0 fully saturated rings. The Balaban J connectivity index is 1.87. The third-order valence-corrected chi connectivity index (χ3v) is 7.28. The molecule has 3 heteroatoms. The van der Waals surface area contributed by atoms with Crippen LogP contribution in [0.15, 0.2) is 83.3 Å². The molecule has 3 rings (SSSR count). The van der Waals surface area contributed by atoms with Crippen molar-refractivity contribution in [1.82, 2.24) is 0 Å². The van der Waals surface area contributed by atoms with Gasteiger partial charge in [-0.25, -0.2) is 0 Å². The van der Waals surface area contributed by atoms with Crippen molar-refractivity contribution in [2.75, 3.05) is 0 Å². The fourth-order valence-electron chi connectivity index (χ4n) is 2.81. The lowest BCUT2D eigenvalue weighted by atomic mass is 9.86. The molecule has 1 nitrogen and oxygen atoms in total. The highest BCUT2D eigenvalue weighted by molar-refractivity contribution is 9.10. The average molecular weight is 424 g/mol. The van der Waals surface area contributed by atoms with Crippen LogP contribution in [0.3, 0.4) is 0 Å². The van der Waals surface area contributed by atoms with Gasteiger partial charge in [-0.1, -0.05) is 109 Å². The van der Waals surface area contributed by atoms with E-state index in [-0.39, 0.29) is 5.41 Å². The Hall–Kier alpha value is -1.68. The minimum Gasteiger partial charge on any atom is -0.403 e. The molecule has 0 spiro atoms. The van der Waals surface area contributed by atoms with E-state index in [1.807, 2.05) is 0 Å². The van der Waals surface area contributed by atoms with Crippen molar-refractivity contribution in [1.29, 1.82) is 0 Å². The first-order valence-electron chi connectivity index (χ1n) is 8.84. The molecule has 3 aromatic carbocycles.